The number of nitrogens with one attached hydrogen (secondary N) is 1. The Morgan fingerprint density at radius 1 is 1.27 bits per heavy atom. The normalized spacial score (nSPS) is 15.5. The fraction of sp³-hybridized carbons (Fsp3) is 0.190. The van der Waals surface area contributed by atoms with Crippen LogP contribution in [0, 0.1) is 5.82 Å². The Kier molecular flexibility index (Phi) is 5.45. The largest absolute Gasteiger partial charge is 0.496 e. The van der Waals surface area contributed by atoms with Gasteiger partial charge in [-0.3, -0.25) is 4.79 Å². The molecule has 30 heavy (non-hydrogen) atoms. The van der Waals surface area contributed by atoms with Crippen LogP contribution in [0.15, 0.2) is 65.0 Å². The summed E-state index contributed by atoms with van der Waals surface area (Å²) in [7, 11) is 1.57. The number of methoxy groups -OCH3 is 1. The van der Waals surface area contributed by atoms with Gasteiger partial charge in [0.05, 0.1) is 12.7 Å². The van der Waals surface area contributed by atoms with Gasteiger partial charge in [-0.1, -0.05) is 48.2 Å². The maximum Gasteiger partial charge on any atom is 0.248 e. The summed E-state index contributed by atoms with van der Waals surface area (Å²) < 4.78 is 21.1. The Labute approximate surface area is 177 Å². The number of benzene rings is 2. The molecule has 2 aromatic carbocycles. The van der Waals surface area contributed by atoms with Crippen LogP contribution >= 0.6 is 11.8 Å². The first-order valence-electron chi connectivity index (χ1n) is 9.23. The van der Waals surface area contributed by atoms with Crippen LogP contribution in [0.5, 0.6) is 5.75 Å². The fourth-order valence-electron chi connectivity index (χ4n) is 3.45. The number of halogens is 1. The summed E-state index contributed by atoms with van der Waals surface area (Å²) in [6, 6.07) is 13.4. The number of ether oxygens (including phenoxy) is 1. The molecule has 0 bridgehead atoms. The maximum atomic E-state index is 13.9. The second-order valence-corrected chi connectivity index (χ2v) is 7.66. The lowest BCUT2D eigenvalue weighted by Crippen LogP contribution is -2.32. The highest BCUT2D eigenvalue weighted by atomic mass is 32.2. The fourth-order valence-corrected chi connectivity index (χ4v) is 4.26. The molecular formula is C21H20FN5O2S. The third-order valence-electron chi connectivity index (χ3n) is 4.85. The zero-order chi connectivity index (χ0) is 21.3. The molecule has 7 nitrogen and oxygen atoms in total. The number of carbonyl (C=O) groups is 1. The SMILES string of the molecule is COc1ccccc1[C@@H]1C(C(N)=O)=C(C)Nc2nc(SCc3ccccc3F)nn21. The van der Waals surface area contributed by atoms with Crippen LogP contribution in [0.3, 0.4) is 0 Å². The molecule has 0 fully saturated rings. The number of carbonyl (C=O) groups excluding carboxylic acids is 1. The van der Waals surface area contributed by atoms with Crippen LogP contribution in [0.4, 0.5) is 10.3 Å². The van der Waals surface area contributed by atoms with Crippen molar-refractivity contribution in [3.05, 3.63) is 76.7 Å². The summed E-state index contributed by atoms with van der Waals surface area (Å²) in [5.74, 6) is 0.636. The van der Waals surface area contributed by atoms with Gasteiger partial charge in [-0.25, -0.2) is 9.07 Å². The lowest BCUT2D eigenvalue weighted by molar-refractivity contribution is -0.115. The summed E-state index contributed by atoms with van der Waals surface area (Å²) in [4.78, 5) is 16.8. The summed E-state index contributed by atoms with van der Waals surface area (Å²) in [5.41, 5.74) is 7.99. The summed E-state index contributed by atoms with van der Waals surface area (Å²) in [5, 5.41) is 8.14. The molecule has 0 radical (unpaired) electrons. The van der Waals surface area contributed by atoms with E-state index in [1.54, 1.807) is 36.9 Å². The Morgan fingerprint density at radius 2 is 2.00 bits per heavy atom. The standard InChI is InChI=1S/C21H20FN5O2S/c1-12-17(19(23)28)18(14-8-4-6-10-16(14)29-2)27-20(24-12)25-21(26-27)30-11-13-7-3-5-9-15(13)22/h3-10,18H,11H2,1-2H3,(H2,23,28)(H,24,25,26)/t18-/m1/s1. The Morgan fingerprint density at radius 3 is 2.73 bits per heavy atom. The molecule has 0 aliphatic carbocycles. The van der Waals surface area contributed by atoms with Crippen LogP contribution in [0.25, 0.3) is 0 Å². The Bertz CT molecular complexity index is 1140. The number of nitrogens with zero attached hydrogens (tertiary/aromatic N) is 3. The van der Waals surface area contributed by atoms with Crippen molar-refractivity contribution in [3.8, 4) is 5.75 Å². The van der Waals surface area contributed by atoms with Crippen molar-refractivity contribution < 1.29 is 13.9 Å². The number of hydrogen-bond acceptors (Lipinski definition) is 6. The molecule has 0 saturated heterocycles. The maximum absolute atomic E-state index is 13.9. The van der Waals surface area contributed by atoms with Crippen molar-refractivity contribution in [1.82, 2.24) is 14.8 Å². The van der Waals surface area contributed by atoms with E-state index in [-0.39, 0.29) is 5.82 Å². The topological polar surface area (TPSA) is 95.1 Å². The van der Waals surface area contributed by atoms with Crippen LogP contribution in [0.1, 0.15) is 24.1 Å². The number of primary amides is 1. The minimum Gasteiger partial charge on any atom is -0.496 e. The molecule has 4 rings (SSSR count). The molecule has 154 valence electrons. The van der Waals surface area contributed by atoms with Crippen molar-refractivity contribution in [2.24, 2.45) is 5.73 Å². The van der Waals surface area contributed by atoms with E-state index in [1.165, 1.54) is 17.8 Å². The van der Waals surface area contributed by atoms with E-state index in [9.17, 15) is 9.18 Å². The molecule has 9 heteroatoms. The lowest BCUT2D eigenvalue weighted by atomic mass is 9.94. The predicted molar refractivity (Wildman–Crippen MR) is 113 cm³/mol. The molecule has 2 heterocycles. The van der Waals surface area contributed by atoms with E-state index in [4.69, 9.17) is 10.5 Å². The molecule has 0 saturated carbocycles. The molecule has 3 N–H and O–H groups in total. The van der Waals surface area contributed by atoms with Gasteiger partial charge in [-0.05, 0) is 24.6 Å². The monoisotopic (exact) mass is 425 g/mol. The van der Waals surface area contributed by atoms with Crippen molar-refractivity contribution >= 4 is 23.6 Å². The molecule has 1 amide bonds. The van der Waals surface area contributed by atoms with Gasteiger partial charge >= 0.3 is 0 Å². The number of aromatic nitrogens is 3. The van der Waals surface area contributed by atoms with Crippen LogP contribution in [-0.2, 0) is 10.5 Å². The Balaban J connectivity index is 1.73. The number of thioether (sulfide) groups is 1. The van der Waals surface area contributed by atoms with Gasteiger partial charge in [0.2, 0.25) is 17.0 Å². The number of rotatable bonds is 6. The van der Waals surface area contributed by atoms with Crippen molar-refractivity contribution in [2.75, 3.05) is 12.4 Å². The third-order valence-corrected chi connectivity index (χ3v) is 5.73. The summed E-state index contributed by atoms with van der Waals surface area (Å²) >= 11 is 1.31. The molecule has 1 aliphatic heterocycles. The molecule has 0 spiro atoms. The van der Waals surface area contributed by atoms with Gasteiger partial charge in [-0.2, -0.15) is 4.98 Å². The summed E-state index contributed by atoms with van der Waals surface area (Å²) in [6.07, 6.45) is 0. The van der Waals surface area contributed by atoms with E-state index in [0.717, 1.165) is 5.56 Å². The average Bonchev–Trinajstić information content (AvgIpc) is 3.14. The average molecular weight is 425 g/mol. The number of anilines is 1. The Hall–Kier alpha value is -3.33. The van der Waals surface area contributed by atoms with Crippen LogP contribution < -0.4 is 15.8 Å². The minimum absolute atomic E-state index is 0.271. The molecule has 3 aromatic rings. The molecule has 1 aliphatic rings. The van der Waals surface area contributed by atoms with E-state index in [2.05, 4.69) is 15.4 Å². The number of para-hydroxylation sites is 1. The van der Waals surface area contributed by atoms with Gasteiger partial charge < -0.3 is 15.8 Å². The number of nitrogens with two attached hydrogens (primary N) is 1. The molecular weight excluding hydrogens is 405 g/mol. The highest BCUT2D eigenvalue weighted by Gasteiger charge is 2.34. The second-order valence-electron chi connectivity index (χ2n) is 6.72. The van der Waals surface area contributed by atoms with E-state index in [1.807, 2.05) is 24.3 Å². The molecule has 0 unspecified atom stereocenters. The number of fused-ring (bicyclic) bond motifs is 1. The first-order valence-corrected chi connectivity index (χ1v) is 10.2. The quantitative estimate of drug-likeness (QED) is 0.587. The second kappa shape index (κ2) is 8.19. The first kappa shape index (κ1) is 20.0. The third kappa shape index (κ3) is 3.63. The van der Waals surface area contributed by atoms with Crippen LogP contribution in [0.2, 0.25) is 0 Å². The van der Waals surface area contributed by atoms with Crippen molar-refractivity contribution in [2.45, 2.75) is 23.9 Å². The van der Waals surface area contributed by atoms with Gasteiger partial charge in [0.25, 0.3) is 0 Å². The highest BCUT2D eigenvalue weighted by molar-refractivity contribution is 7.98. The van der Waals surface area contributed by atoms with Gasteiger partial charge in [-0.15, -0.1) is 5.10 Å². The van der Waals surface area contributed by atoms with E-state index < -0.39 is 11.9 Å². The minimum atomic E-state index is -0.592. The number of hydrogen-bond donors (Lipinski definition) is 2. The van der Waals surface area contributed by atoms with Gasteiger partial charge in [0.1, 0.15) is 17.6 Å². The zero-order valence-corrected chi connectivity index (χ0v) is 17.2. The van der Waals surface area contributed by atoms with Crippen LogP contribution in [-0.4, -0.2) is 27.8 Å². The highest BCUT2D eigenvalue weighted by Crippen LogP contribution is 2.39. The predicted octanol–water partition coefficient (Wildman–Crippen LogP) is 3.49. The van der Waals surface area contributed by atoms with Gasteiger partial charge in [0, 0.05) is 17.0 Å². The first-order chi connectivity index (χ1) is 14.5. The lowest BCUT2D eigenvalue weighted by Gasteiger charge is -2.28. The molecule has 1 atom stereocenters. The van der Waals surface area contributed by atoms with Gasteiger partial charge in [0.15, 0.2) is 0 Å². The number of allylic oxidation sites excluding steroid dienone is 1. The smallest absolute Gasteiger partial charge is 0.248 e. The van der Waals surface area contributed by atoms with E-state index >= 15 is 0 Å². The van der Waals surface area contributed by atoms with Crippen molar-refractivity contribution in [3.63, 3.8) is 0 Å². The van der Waals surface area contributed by atoms with Crippen molar-refractivity contribution in [1.29, 1.82) is 0 Å². The number of amides is 1. The summed E-state index contributed by atoms with van der Waals surface area (Å²) in [6.45, 7) is 1.77. The van der Waals surface area contributed by atoms with E-state index in [0.29, 0.717) is 39.4 Å². The zero-order valence-electron chi connectivity index (χ0n) is 16.4. The molecule has 1 aromatic heterocycles.